The van der Waals surface area contributed by atoms with Gasteiger partial charge >= 0.3 is 0 Å². The van der Waals surface area contributed by atoms with Crippen LogP contribution in [0.25, 0.3) is 0 Å². The molecule has 0 saturated carbocycles. The molecule has 0 spiro atoms. The van der Waals surface area contributed by atoms with Crippen molar-refractivity contribution in [3.63, 3.8) is 0 Å². The molecule has 6 heteroatoms. The highest BCUT2D eigenvalue weighted by Crippen LogP contribution is 2.22. The van der Waals surface area contributed by atoms with E-state index in [2.05, 4.69) is 5.32 Å². The topological polar surface area (TPSA) is 67.9 Å². The van der Waals surface area contributed by atoms with Crippen LogP contribution in [0.2, 0.25) is 0 Å². The first-order valence-corrected chi connectivity index (χ1v) is 8.40. The zero-order chi connectivity index (χ0) is 17.2. The molecule has 1 atom stereocenters. The zero-order valence-corrected chi connectivity index (χ0v) is 14.2. The van der Waals surface area contributed by atoms with Gasteiger partial charge in [-0.25, -0.2) is 0 Å². The van der Waals surface area contributed by atoms with Crippen molar-refractivity contribution < 1.29 is 19.1 Å². The number of amides is 2. The highest BCUT2D eigenvalue weighted by atomic mass is 16.5. The van der Waals surface area contributed by atoms with Crippen molar-refractivity contribution in [2.75, 3.05) is 31.7 Å². The lowest BCUT2D eigenvalue weighted by molar-refractivity contribution is -0.124. The smallest absolute Gasteiger partial charge is 0.254 e. The Labute approximate surface area is 142 Å². The van der Waals surface area contributed by atoms with Crippen LogP contribution in [0, 0.1) is 0 Å². The van der Waals surface area contributed by atoms with Crippen LogP contribution in [0.3, 0.4) is 0 Å². The molecule has 6 nitrogen and oxygen atoms in total. The van der Waals surface area contributed by atoms with Crippen LogP contribution in [0.4, 0.5) is 5.69 Å². The van der Waals surface area contributed by atoms with Crippen LogP contribution >= 0.6 is 0 Å². The Kier molecular flexibility index (Phi) is 4.87. The summed E-state index contributed by atoms with van der Waals surface area (Å²) in [6.45, 7) is 6.32. The van der Waals surface area contributed by atoms with E-state index in [4.69, 9.17) is 9.47 Å². The minimum Gasteiger partial charge on any atom is -0.377 e. The number of nitrogens with one attached hydrogen (secondary N) is 1. The quantitative estimate of drug-likeness (QED) is 0.920. The average molecular weight is 332 g/mol. The number of morpholine rings is 1. The Morgan fingerprint density at radius 3 is 2.58 bits per heavy atom. The number of nitrogens with zero attached hydrogens (tertiary/aromatic N) is 1. The average Bonchev–Trinajstić information content (AvgIpc) is 3.09. The molecule has 1 aromatic carbocycles. The lowest BCUT2D eigenvalue weighted by Crippen LogP contribution is -2.55. The summed E-state index contributed by atoms with van der Waals surface area (Å²) in [6.07, 6.45) is 1.32. The van der Waals surface area contributed by atoms with E-state index in [0.717, 1.165) is 12.8 Å². The van der Waals surface area contributed by atoms with E-state index in [0.29, 0.717) is 37.6 Å². The molecular weight excluding hydrogens is 308 g/mol. The van der Waals surface area contributed by atoms with Gasteiger partial charge in [0.1, 0.15) is 6.10 Å². The second-order valence-corrected chi connectivity index (χ2v) is 6.89. The molecule has 0 bridgehead atoms. The number of carbonyl (C=O) groups excluding carboxylic acids is 2. The van der Waals surface area contributed by atoms with Gasteiger partial charge in [-0.1, -0.05) is 0 Å². The molecule has 2 fully saturated rings. The highest BCUT2D eigenvalue weighted by Gasteiger charge is 2.34. The molecule has 0 aromatic heterocycles. The number of ether oxygens (including phenoxy) is 2. The summed E-state index contributed by atoms with van der Waals surface area (Å²) in [6, 6.07) is 7.01. The molecule has 0 aliphatic carbocycles. The van der Waals surface area contributed by atoms with E-state index in [-0.39, 0.29) is 23.5 Å². The van der Waals surface area contributed by atoms with Crippen LogP contribution in [0.5, 0.6) is 0 Å². The fourth-order valence-corrected chi connectivity index (χ4v) is 3.09. The summed E-state index contributed by atoms with van der Waals surface area (Å²) < 4.78 is 10.8. The van der Waals surface area contributed by atoms with Crippen LogP contribution in [0.1, 0.15) is 37.0 Å². The highest BCUT2D eigenvalue weighted by molar-refractivity contribution is 5.97. The number of rotatable bonds is 3. The maximum atomic E-state index is 12.7. The minimum atomic E-state index is -0.361. The lowest BCUT2D eigenvalue weighted by Gasteiger charge is -2.42. The van der Waals surface area contributed by atoms with Gasteiger partial charge in [0.25, 0.3) is 11.8 Å². The fourth-order valence-electron chi connectivity index (χ4n) is 3.09. The van der Waals surface area contributed by atoms with Gasteiger partial charge in [0.2, 0.25) is 0 Å². The predicted octanol–water partition coefficient (Wildman–Crippen LogP) is 2.06. The number of hydrogen-bond donors (Lipinski definition) is 1. The first-order chi connectivity index (χ1) is 11.5. The van der Waals surface area contributed by atoms with E-state index in [1.165, 1.54) is 0 Å². The van der Waals surface area contributed by atoms with Gasteiger partial charge in [0.05, 0.1) is 18.8 Å². The van der Waals surface area contributed by atoms with Gasteiger partial charge in [0.15, 0.2) is 0 Å². The van der Waals surface area contributed by atoms with Crippen LogP contribution in [-0.2, 0) is 14.3 Å². The van der Waals surface area contributed by atoms with Crippen molar-refractivity contribution in [2.45, 2.75) is 38.3 Å². The van der Waals surface area contributed by atoms with Crippen molar-refractivity contribution >= 4 is 17.5 Å². The molecule has 0 radical (unpaired) electrons. The molecule has 3 rings (SSSR count). The van der Waals surface area contributed by atoms with Crippen molar-refractivity contribution in [1.29, 1.82) is 0 Å². The molecule has 2 amide bonds. The minimum absolute atomic E-state index is 0.0136. The third-order valence-corrected chi connectivity index (χ3v) is 4.51. The molecule has 2 heterocycles. The van der Waals surface area contributed by atoms with E-state index >= 15 is 0 Å². The van der Waals surface area contributed by atoms with E-state index in [1.54, 1.807) is 24.3 Å². The molecule has 1 N–H and O–H groups in total. The van der Waals surface area contributed by atoms with Gasteiger partial charge in [-0.2, -0.15) is 0 Å². The largest absolute Gasteiger partial charge is 0.377 e. The summed E-state index contributed by atoms with van der Waals surface area (Å²) in [4.78, 5) is 26.6. The fraction of sp³-hybridized carbons (Fsp3) is 0.556. The first-order valence-electron chi connectivity index (χ1n) is 8.40. The molecule has 2 saturated heterocycles. The summed E-state index contributed by atoms with van der Waals surface area (Å²) in [7, 11) is 0. The number of hydrogen-bond acceptors (Lipinski definition) is 4. The van der Waals surface area contributed by atoms with E-state index in [1.807, 2.05) is 18.7 Å². The third-order valence-electron chi connectivity index (χ3n) is 4.51. The number of benzene rings is 1. The molecular formula is C18H24N2O4. The van der Waals surface area contributed by atoms with Crippen molar-refractivity contribution in [3.8, 4) is 0 Å². The predicted molar refractivity (Wildman–Crippen MR) is 90.0 cm³/mol. The summed E-state index contributed by atoms with van der Waals surface area (Å²) in [5, 5.41) is 2.84. The van der Waals surface area contributed by atoms with Crippen LogP contribution in [0.15, 0.2) is 24.3 Å². The number of anilines is 1. The van der Waals surface area contributed by atoms with Gasteiger partial charge in [0, 0.05) is 24.4 Å². The molecule has 2 aliphatic heterocycles. The number of carbonyl (C=O) groups is 2. The Balaban J connectivity index is 1.65. The monoisotopic (exact) mass is 332 g/mol. The van der Waals surface area contributed by atoms with Gasteiger partial charge in [-0.05, 0) is 51.0 Å². The first kappa shape index (κ1) is 16.9. The van der Waals surface area contributed by atoms with Crippen LogP contribution in [-0.4, -0.2) is 54.7 Å². The van der Waals surface area contributed by atoms with Crippen LogP contribution < -0.4 is 5.32 Å². The molecule has 1 unspecified atom stereocenters. The van der Waals surface area contributed by atoms with E-state index in [9.17, 15) is 9.59 Å². The molecule has 130 valence electrons. The molecule has 24 heavy (non-hydrogen) atoms. The standard InChI is InChI=1S/C18H24N2O4/c1-18(2)12-23-11-9-20(18)17(22)13-5-7-14(8-6-13)19-16(21)15-4-3-10-24-15/h5-8,15H,3-4,9-12H2,1-2H3,(H,19,21). The molecule has 1 aromatic rings. The van der Waals surface area contributed by atoms with Crippen molar-refractivity contribution in [2.24, 2.45) is 0 Å². The van der Waals surface area contributed by atoms with Gasteiger partial charge in [-0.15, -0.1) is 0 Å². The van der Waals surface area contributed by atoms with Gasteiger partial charge in [-0.3, -0.25) is 9.59 Å². The summed E-state index contributed by atoms with van der Waals surface area (Å²) >= 11 is 0. The van der Waals surface area contributed by atoms with E-state index < -0.39 is 0 Å². The van der Waals surface area contributed by atoms with Crippen molar-refractivity contribution in [3.05, 3.63) is 29.8 Å². The lowest BCUT2D eigenvalue weighted by atomic mass is 10.0. The maximum Gasteiger partial charge on any atom is 0.254 e. The normalized spacial score (nSPS) is 23.1. The molecule has 2 aliphatic rings. The Morgan fingerprint density at radius 2 is 1.96 bits per heavy atom. The maximum absolute atomic E-state index is 12.7. The van der Waals surface area contributed by atoms with Crippen molar-refractivity contribution in [1.82, 2.24) is 4.90 Å². The Hall–Kier alpha value is -1.92. The summed E-state index contributed by atoms with van der Waals surface area (Å²) in [5.41, 5.74) is 0.968. The summed E-state index contributed by atoms with van der Waals surface area (Å²) in [5.74, 6) is -0.138. The zero-order valence-electron chi connectivity index (χ0n) is 14.2. The van der Waals surface area contributed by atoms with Gasteiger partial charge < -0.3 is 19.7 Å². The Bertz CT molecular complexity index is 606. The second-order valence-electron chi connectivity index (χ2n) is 6.89. The third kappa shape index (κ3) is 3.60. The Morgan fingerprint density at radius 1 is 1.21 bits per heavy atom. The SMILES string of the molecule is CC1(C)COCCN1C(=O)c1ccc(NC(=O)C2CCCO2)cc1. The second kappa shape index (κ2) is 6.91.